The minimum Gasteiger partial charge on any atom is -0.502 e. The predicted molar refractivity (Wildman–Crippen MR) is 141 cm³/mol. The molecule has 1 aliphatic heterocycles. The van der Waals surface area contributed by atoms with Crippen molar-refractivity contribution in [3.8, 4) is 17.6 Å². The van der Waals surface area contributed by atoms with Crippen molar-refractivity contribution in [3.05, 3.63) is 92.9 Å². The first-order valence-corrected chi connectivity index (χ1v) is 12.8. The van der Waals surface area contributed by atoms with Gasteiger partial charge in [-0.25, -0.2) is 9.37 Å². The number of H-pyrrole nitrogens is 1. The van der Waals surface area contributed by atoms with Crippen LogP contribution in [0.15, 0.2) is 53.6 Å². The molecule has 0 saturated carbocycles. The van der Waals surface area contributed by atoms with Crippen molar-refractivity contribution in [2.75, 3.05) is 46.1 Å². The van der Waals surface area contributed by atoms with Gasteiger partial charge in [0, 0.05) is 49.6 Å². The SMILES string of the molecule is O=c1[nH]cnc(C[C@H](CNCCCF)c2ccc(C#Cc3ccc(CN4CCOCC4)cc3)cc2F)c1O. The van der Waals surface area contributed by atoms with Gasteiger partial charge in [-0.2, -0.15) is 0 Å². The molecule has 0 unspecified atom stereocenters. The average Bonchev–Trinajstić information content (AvgIpc) is 2.93. The van der Waals surface area contributed by atoms with Crippen LogP contribution in [0.1, 0.15) is 40.3 Å². The van der Waals surface area contributed by atoms with Gasteiger partial charge in [0.2, 0.25) is 5.75 Å². The zero-order valence-corrected chi connectivity index (χ0v) is 21.2. The molecule has 3 N–H and O–H groups in total. The second-order valence-corrected chi connectivity index (χ2v) is 9.25. The molecule has 200 valence electrons. The summed E-state index contributed by atoms with van der Waals surface area (Å²) in [6, 6.07) is 12.8. The largest absolute Gasteiger partial charge is 0.502 e. The molecule has 9 heteroatoms. The fraction of sp³-hybridized carbons (Fsp3) is 0.379. The zero-order valence-electron chi connectivity index (χ0n) is 21.2. The van der Waals surface area contributed by atoms with Crippen LogP contribution in [-0.2, 0) is 17.7 Å². The van der Waals surface area contributed by atoms with Gasteiger partial charge in [-0.1, -0.05) is 30.0 Å². The Kier molecular flexibility index (Phi) is 9.98. The summed E-state index contributed by atoms with van der Waals surface area (Å²) in [7, 11) is 0. The van der Waals surface area contributed by atoms with E-state index in [0.29, 0.717) is 30.6 Å². The van der Waals surface area contributed by atoms with Crippen LogP contribution in [0.5, 0.6) is 5.75 Å². The highest BCUT2D eigenvalue weighted by Crippen LogP contribution is 2.25. The van der Waals surface area contributed by atoms with Crippen LogP contribution in [-0.4, -0.2) is 66.0 Å². The van der Waals surface area contributed by atoms with Crippen molar-refractivity contribution in [2.45, 2.75) is 25.3 Å². The number of aromatic amines is 1. The molecule has 1 aromatic heterocycles. The second kappa shape index (κ2) is 13.8. The van der Waals surface area contributed by atoms with E-state index in [-0.39, 0.29) is 12.1 Å². The summed E-state index contributed by atoms with van der Waals surface area (Å²) in [5, 5.41) is 13.2. The third-order valence-corrected chi connectivity index (χ3v) is 6.48. The summed E-state index contributed by atoms with van der Waals surface area (Å²) in [6.07, 6.45) is 1.68. The number of rotatable bonds is 10. The number of aromatic nitrogens is 2. The summed E-state index contributed by atoms with van der Waals surface area (Å²) < 4.78 is 33.1. The maximum atomic E-state index is 15.2. The number of aromatic hydroxyl groups is 1. The highest BCUT2D eigenvalue weighted by Gasteiger charge is 2.20. The van der Waals surface area contributed by atoms with Crippen LogP contribution in [0.2, 0.25) is 0 Å². The quantitative estimate of drug-likeness (QED) is 0.280. The lowest BCUT2D eigenvalue weighted by molar-refractivity contribution is 0.0342. The molecule has 2 aromatic carbocycles. The lowest BCUT2D eigenvalue weighted by atomic mass is 9.92. The monoisotopic (exact) mass is 522 g/mol. The lowest BCUT2D eigenvalue weighted by Crippen LogP contribution is -2.35. The number of alkyl halides is 1. The molecule has 0 radical (unpaired) electrons. The minimum atomic E-state index is -0.653. The number of halogens is 2. The molecule has 0 amide bonds. The van der Waals surface area contributed by atoms with Crippen molar-refractivity contribution >= 4 is 0 Å². The summed E-state index contributed by atoms with van der Waals surface area (Å²) in [5.41, 5.74) is 2.50. The second-order valence-electron chi connectivity index (χ2n) is 9.25. The van der Waals surface area contributed by atoms with Crippen molar-refractivity contribution < 1.29 is 18.6 Å². The summed E-state index contributed by atoms with van der Waals surface area (Å²) >= 11 is 0. The highest BCUT2D eigenvalue weighted by atomic mass is 19.1. The fourth-order valence-corrected chi connectivity index (χ4v) is 4.36. The molecular formula is C29H32F2N4O3. The third kappa shape index (κ3) is 7.71. The standard InChI is InChI=1S/C29H32F2N4O3/c30-10-1-11-32-18-24(17-27-28(36)29(37)34-20-33-27)25-9-8-22(16-26(25)31)5-2-21-3-6-23(7-4-21)19-35-12-14-38-15-13-35/h3-4,6-9,16,20,24,32,36H,1,10-15,17-19H2,(H,33,34,37)/t24-/m1/s1. The Morgan fingerprint density at radius 3 is 2.61 bits per heavy atom. The first-order valence-electron chi connectivity index (χ1n) is 12.8. The fourth-order valence-electron chi connectivity index (χ4n) is 4.36. The maximum Gasteiger partial charge on any atom is 0.293 e. The van der Waals surface area contributed by atoms with Crippen LogP contribution in [0.4, 0.5) is 8.78 Å². The molecule has 0 aliphatic carbocycles. The van der Waals surface area contributed by atoms with Crippen molar-refractivity contribution in [3.63, 3.8) is 0 Å². The van der Waals surface area contributed by atoms with Crippen molar-refractivity contribution in [2.24, 2.45) is 0 Å². The summed E-state index contributed by atoms with van der Waals surface area (Å²) in [4.78, 5) is 20.5. The third-order valence-electron chi connectivity index (χ3n) is 6.48. The Bertz CT molecular complexity index is 1310. The predicted octanol–water partition coefficient (Wildman–Crippen LogP) is 3.12. The Labute approximate surface area is 220 Å². The van der Waals surface area contributed by atoms with Gasteiger partial charge < -0.3 is 20.1 Å². The van der Waals surface area contributed by atoms with Crippen molar-refractivity contribution in [1.29, 1.82) is 0 Å². The molecule has 2 heterocycles. The molecule has 1 aliphatic rings. The van der Waals surface area contributed by atoms with Gasteiger partial charge >= 0.3 is 0 Å². The maximum absolute atomic E-state index is 15.2. The van der Waals surface area contributed by atoms with Gasteiger partial charge in [-0.15, -0.1) is 0 Å². The number of morpholine rings is 1. The Morgan fingerprint density at radius 2 is 1.87 bits per heavy atom. The minimum absolute atomic E-state index is 0.136. The molecule has 4 rings (SSSR count). The summed E-state index contributed by atoms with van der Waals surface area (Å²) in [5.74, 6) is 4.75. The van der Waals surface area contributed by atoms with Crippen LogP contribution < -0.4 is 10.9 Å². The zero-order chi connectivity index (χ0) is 26.7. The molecule has 1 saturated heterocycles. The van der Waals surface area contributed by atoms with E-state index in [1.807, 2.05) is 12.1 Å². The molecule has 0 bridgehead atoms. The number of nitrogens with one attached hydrogen (secondary N) is 2. The van der Waals surface area contributed by atoms with Gasteiger partial charge in [0.25, 0.3) is 5.56 Å². The average molecular weight is 523 g/mol. The molecule has 1 atom stereocenters. The Morgan fingerprint density at radius 1 is 1.13 bits per heavy atom. The van der Waals surface area contributed by atoms with Crippen molar-refractivity contribution in [1.82, 2.24) is 20.2 Å². The molecule has 1 fully saturated rings. The van der Waals surface area contributed by atoms with Crippen LogP contribution >= 0.6 is 0 Å². The Balaban J connectivity index is 1.46. The van der Waals surface area contributed by atoms with E-state index in [0.717, 1.165) is 38.4 Å². The van der Waals surface area contributed by atoms with E-state index in [9.17, 15) is 14.3 Å². The van der Waals surface area contributed by atoms with Crippen LogP contribution in [0, 0.1) is 17.7 Å². The number of ether oxygens (including phenoxy) is 1. The van der Waals surface area contributed by atoms with Gasteiger partial charge in [0.05, 0.1) is 31.9 Å². The molecule has 0 spiro atoms. The number of hydrogen-bond acceptors (Lipinski definition) is 6. The van der Waals surface area contributed by atoms with E-state index in [2.05, 4.69) is 44.2 Å². The van der Waals surface area contributed by atoms with E-state index < -0.39 is 29.7 Å². The first-order chi connectivity index (χ1) is 18.5. The van der Waals surface area contributed by atoms with E-state index in [1.54, 1.807) is 12.1 Å². The first kappa shape index (κ1) is 27.5. The molecular weight excluding hydrogens is 490 g/mol. The molecule has 38 heavy (non-hydrogen) atoms. The number of hydrogen-bond donors (Lipinski definition) is 3. The number of nitrogens with zero attached hydrogens (tertiary/aromatic N) is 2. The van der Waals surface area contributed by atoms with E-state index >= 15 is 4.39 Å². The smallest absolute Gasteiger partial charge is 0.293 e. The molecule has 7 nitrogen and oxygen atoms in total. The molecule has 3 aromatic rings. The highest BCUT2D eigenvalue weighted by molar-refractivity contribution is 5.45. The van der Waals surface area contributed by atoms with Gasteiger partial charge in [0.1, 0.15) is 5.82 Å². The number of benzene rings is 2. The lowest BCUT2D eigenvalue weighted by Gasteiger charge is -2.26. The van der Waals surface area contributed by atoms with E-state index in [4.69, 9.17) is 4.74 Å². The van der Waals surface area contributed by atoms with Crippen LogP contribution in [0.25, 0.3) is 0 Å². The Hall–Kier alpha value is -3.58. The van der Waals surface area contributed by atoms with Gasteiger partial charge in [-0.3, -0.25) is 14.1 Å². The van der Waals surface area contributed by atoms with Crippen LogP contribution in [0.3, 0.4) is 0 Å². The van der Waals surface area contributed by atoms with Gasteiger partial charge in [0.15, 0.2) is 0 Å². The topological polar surface area (TPSA) is 90.5 Å². The van der Waals surface area contributed by atoms with E-state index in [1.165, 1.54) is 18.0 Å². The normalized spacial score (nSPS) is 14.6. The van der Waals surface area contributed by atoms with Gasteiger partial charge in [-0.05, 0) is 48.4 Å². The summed E-state index contributed by atoms with van der Waals surface area (Å²) in [6.45, 7) is 4.56.